The number of esters is 1. The number of hydrogen-bond donors (Lipinski definition) is 1. The number of hydrogen-bond acceptors (Lipinski definition) is 3. The molecule has 0 aliphatic carbocycles. The molecule has 0 aromatic heterocycles. The summed E-state index contributed by atoms with van der Waals surface area (Å²) in [6, 6.07) is 8.11. The van der Waals surface area contributed by atoms with Gasteiger partial charge in [-0.25, -0.2) is 0 Å². The van der Waals surface area contributed by atoms with Gasteiger partial charge >= 0.3 is 5.97 Å². The van der Waals surface area contributed by atoms with E-state index in [2.05, 4.69) is 25.2 Å². The quantitative estimate of drug-likeness (QED) is 0.828. The molecule has 2 unspecified atom stereocenters. The van der Waals surface area contributed by atoms with Crippen molar-refractivity contribution in [2.75, 3.05) is 13.2 Å². The molecule has 3 nitrogen and oxygen atoms in total. The van der Waals surface area contributed by atoms with Crippen LogP contribution in [0.3, 0.4) is 0 Å². The molecule has 3 heteroatoms. The first-order valence-corrected chi connectivity index (χ1v) is 7.17. The second-order valence-corrected chi connectivity index (χ2v) is 5.41. The Morgan fingerprint density at radius 2 is 2.26 bits per heavy atom. The fraction of sp³-hybridized carbons (Fsp3) is 0.562. The molecule has 1 aliphatic heterocycles. The lowest BCUT2D eigenvalue weighted by Gasteiger charge is -2.25. The van der Waals surface area contributed by atoms with E-state index in [0.717, 1.165) is 24.9 Å². The summed E-state index contributed by atoms with van der Waals surface area (Å²) in [7, 11) is 0. The topological polar surface area (TPSA) is 38.3 Å². The van der Waals surface area contributed by atoms with Gasteiger partial charge in [-0.1, -0.05) is 44.5 Å². The molecule has 1 N–H and O–H groups in total. The number of benzene rings is 1. The summed E-state index contributed by atoms with van der Waals surface area (Å²) in [5.41, 5.74) is 2.33. The maximum absolute atomic E-state index is 12.2. The van der Waals surface area contributed by atoms with Crippen LogP contribution >= 0.6 is 0 Å². The molecule has 1 aromatic carbocycles. The largest absolute Gasteiger partial charge is 0.465 e. The lowest BCUT2D eigenvalue weighted by Crippen LogP contribution is -2.34. The Bertz CT molecular complexity index is 431. The Labute approximate surface area is 115 Å². The highest BCUT2D eigenvalue weighted by Gasteiger charge is 2.27. The van der Waals surface area contributed by atoms with Crippen LogP contribution in [-0.2, 0) is 16.1 Å². The molecule has 104 valence electrons. The molecule has 0 amide bonds. The average molecular weight is 261 g/mol. The van der Waals surface area contributed by atoms with Crippen molar-refractivity contribution < 1.29 is 9.53 Å². The van der Waals surface area contributed by atoms with Crippen molar-refractivity contribution in [3.63, 3.8) is 0 Å². The zero-order valence-corrected chi connectivity index (χ0v) is 11.8. The van der Waals surface area contributed by atoms with Crippen molar-refractivity contribution in [2.45, 2.75) is 39.2 Å². The van der Waals surface area contributed by atoms with Crippen LogP contribution in [0.2, 0.25) is 0 Å². The first-order chi connectivity index (χ1) is 9.22. The molecular formula is C16H23NO2. The maximum Gasteiger partial charge on any atom is 0.314 e. The van der Waals surface area contributed by atoms with Crippen molar-refractivity contribution in [2.24, 2.45) is 5.92 Å². The molecule has 1 heterocycles. The van der Waals surface area contributed by atoms with Gasteiger partial charge in [0.15, 0.2) is 0 Å². The number of ether oxygens (including phenoxy) is 1. The first kappa shape index (κ1) is 14.1. The van der Waals surface area contributed by atoms with Gasteiger partial charge in [-0.05, 0) is 23.5 Å². The molecule has 0 spiro atoms. The van der Waals surface area contributed by atoms with E-state index < -0.39 is 0 Å². The average Bonchev–Trinajstić information content (AvgIpc) is 2.44. The second kappa shape index (κ2) is 6.71. The van der Waals surface area contributed by atoms with E-state index in [1.165, 1.54) is 5.56 Å². The predicted octanol–water partition coefficient (Wildman–Crippen LogP) is 2.85. The Kier molecular flexibility index (Phi) is 4.97. The minimum atomic E-state index is -0.154. The number of carbonyl (C=O) groups is 1. The highest BCUT2D eigenvalue weighted by atomic mass is 16.5. The Morgan fingerprint density at radius 3 is 3.05 bits per heavy atom. The van der Waals surface area contributed by atoms with E-state index in [0.29, 0.717) is 19.1 Å². The van der Waals surface area contributed by atoms with Gasteiger partial charge in [0.2, 0.25) is 0 Å². The zero-order chi connectivity index (χ0) is 13.7. The Hall–Kier alpha value is -1.35. The van der Waals surface area contributed by atoms with E-state index in [4.69, 9.17) is 4.74 Å². The van der Waals surface area contributed by atoms with Gasteiger partial charge in [0.1, 0.15) is 0 Å². The fourth-order valence-corrected chi connectivity index (χ4v) is 2.61. The van der Waals surface area contributed by atoms with E-state index >= 15 is 0 Å². The summed E-state index contributed by atoms with van der Waals surface area (Å²) >= 11 is 0. The van der Waals surface area contributed by atoms with Gasteiger partial charge in [-0.15, -0.1) is 0 Å². The highest BCUT2D eigenvalue weighted by Crippen LogP contribution is 2.25. The van der Waals surface area contributed by atoms with E-state index in [9.17, 15) is 4.79 Å². The van der Waals surface area contributed by atoms with Crippen molar-refractivity contribution in [1.29, 1.82) is 0 Å². The molecule has 0 fully saturated rings. The van der Waals surface area contributed by atoms with Crippen molar-refractivity contribution in [1.82, 2.24) is 5.32 Å². The standard InChI is InChI=1S/C16H23NO2/c1-3-6-12(2)11-19-16(18)15-10-17-9-13-7-4-5-8-14(13)15/h4-5,7-8,12,15,17H,3,6,9-11H2,1-2H3. The zero-order valence-electron chi connectivity index (χ0n) is 11.8. The van der Waals surface area contributed by atoms with Crippen LogP contribution in [0.5, 0.6) is 0 Å². The molecule has 2 atom stereocenters. The molecule has 0 radical (unpaired) electrons. The molecular weight excluding hydrogens is 238 g/mol. The summed E-state index contributed by atoms with van der Waals surface area (Å²) in [5.74, 6) is 0.196. The van der Waals surface area contributed by atoms with Crippen LogP contribution in [0.15, 0.2) is 24.3 Å². The lowest BCUT2D eigenvalue weighted by molar-refractivity contribution is -0.146. The maximum atomic E-state index is 12.2. The third kappa shape index (κ3) is 3.57. The third-order valence-electron chi connectivity index (χ3n) is 3.67. The Balaban J connectivity index is 1.97. The summed E-state index contributed by atoms with van der Waals surface area (Å²) in [4.78, 5) is 12.2. The van der Waals surface area contributed by atoms with E-state index in [-0.39, 0.29) is 11.9 Å². The van der Waals surface area contributed by atoms with Gasteiger partial charge < -0.3 is 10.1 Å². The number of carbonyl (C=O) groups excluding carboxylic acids is 1. The second-order valence-electron chi connectivity index (χ2n) is 5.41. The molecule has 0 saturated carbocycles. The van der Waals surface area contributed by atoms with Gasteiger partial charge in [-0.3, -0.25) is 4.79 Å². The third-order valence-corrected chi connectivity index (χ3v) is 3.67. The molecule has 19 heavy (non-hydrogen) atoms. The molecule has 1 aliphatic rings. The summed E-state index contributed by atoms with van der Waals surface area (Å²) in [5, 5.41) is 3.28. The van der Waals surface area contributed by atoms with Crippen LogP contribution < -0.4 is 5.32 Å². The van der Waals surface area contributed by atoms with Gasteiger partial charge in [0.25, 0.3) is 0 Å². The van der Waals surface area contributed by atoms with Crippen LogP contribution in [-0.4, -0.2) is 19.1 Å². The van der Waals surface area contributed by atoms with Crippen molar-refractivity contribution in [3.8, 4) is 0 Å². The van der Waals surface area contributed by atoms with Gasteiger partial charge in [0.05, 0.1) is 12.5 Å². The highest BCUT2D eigenvalue weighted by molar-refractivity contribution is 5.79. The van der Waals surface area contributed by atoms with E-state index in [1.54, 1.807) is 0 Å². The fourth-order valence-electron chi connectivity index (χ4n) is 2.61. The molecule has 0 bridgehead atoms. The van der Waals surface area contributed by atoms with Crippen LogP contribution in [0.1, 0.15) is 43.7 Å². The number of fused-ring (bicyclic) bond motifs is 1. The normalized spacial score (nSPS) is 19.6. The smallest absolute Gasteiger partial charge is 0.314 e. The summed E-state index contributed by atoms with van der Waals surface area (Å²) in [6.07, 6.45) is 2.24. The summed E-state index contributed by atoms with van der Waals surface area (Å²) < 4.78 is 5.47. The lowest BCUT2D eigenvalue weighted by atomic mass is 9.91. The number of nitrogens with one attached hydrogen (secondary N) is 1. The monoisotopic (exact) mass is 261 g/mol. The summed E-state index contributed by atoms with van der Waals surface area (Å²) in [6.45, 7) is 6.33. The SMILES string of the molecule is CCCC(C)COC(=O)C1CNCc2ccccc21. The van der Waals surface area contributed by atoms with Gasteiger partial charge in [-0.2, -0.15) is 0 Å². The minimum absolute atomic E-state index is 0.0948. The van der Waals surface area contributed by atoms with Crippen LogP contribution in [0.4, 0.5) is 0 Å². The molecule has 0 saturated heterocycles. The van der Waals surface area contributed by atoms with Crippen molar-refractivity contribution >= 4 is 5.97 Å². The van der Waals surface area contributed by atoms with Crippen molar-refractivity contribution in [3.05, 3.63) is 35.4 Å². The van der Waals surface area contributed by atoms with Crippen LogP contribution in [0, 0.1) is 5.92 Å². The first-order valence-electron chi connectivity index (χ1n) is 7.17. The number of rotatable bonds is 5. The minimum Gasteiger partial charge on any atom is -0.465 e. The molecule has 2 rings (SSSR count). The van der Waals surface area contributed by atoms with Crippen LogP contribution in [0.25, 0.3) is 0 Å². The Morgan fingerprint density at radius 1 is 1.47 bits per heavy atom. The van der Waals surface area contributed by atoms with E-state index in [1.807, 2.05) is 18.2 Å². The predicted molar refractivity (Wildman–Crippen MR) is 75.9 cm³/mol. The molecule has 1 aromatic rings. The van der Waals surface area contributed by atoms with Gasteiger partial charge in [0, 0.05) is 13.1 Å².